The van der Waals surface area contributed by atoms with Crippen molar-refractivity contribution in [3.63, 3.8) is 0 Å². The molecule has 1 amide bonds. The molecule has 1 unspecified atom stereocenters. The zero-order valence-electron chi connectivity index (χ0n) is 12.4. The second-order valence-electron chi connectivity index (χ2n) is 5.11. The Labute approximate surface area is 124 Å². The van der Waals surface area contributed by atoms with Gasteiger partial charge in [-0.25, -0.2) is 0 Å². The number of aliphatic hydroxyl groups is 1. The summed E-state index contributed by atoms with van der Waals surface area (Å²) in [6, 6.07) is 11.1. The number of carbonyl (C=O) groups excluding carboxylic acids is 1. The number of benzene rings is 1. The lowest BCUT2D eigenvalue weighted by Crippen LogP contribution is -2.31. The fourth-order valence-corrected chi connectivity index (χ4v) is 2.29. The van der Waals surface area contributed by atoms with Crippen LogP contribution in [0.25, 0.3) is 0 Å². The second-order valence-corrected chi connectivity index (χ2v) is 5.11. The molecule has 2 rings (SSSR count). The van der Waals surface area contributed by atoms with Gasteiger partial charge in [0.15, 0.2) is 0 Å². The molecule has 0 bridgehead atoms. The number of hydrogen-bond donors (Lipinski definition) is 2. The van der Waals surface area contributed by atoms with Crippen molar-refractivity contribution < 1.29 is 9.90 Å². The Bertz CT molecular complexity index is 593. The van der Waals surface area contributed by atoms with E-state index < -0.39 is 0 Å². The van der Waals surface area contributed by atoms with Crippen LogP contribution in [-0.4, -0.2) is 27.4 Å². The van der Waals surface area contributed by atoms with E-state index in [1.807, 2.05) is 54.9 Å². The number of amides is 1. The molecule has 1 aromatic heterocycles. The van der Waals surface area contributed by atoms with Crippen LogP contribution in [-0.2, 0) is 11.3 Å². The van der Waals surface area contributed by atoms with Crippen molar-refractivity contribution in [2.75, 3.05) is 6.61 Å². The Kier molecular flexibility index (Phi) is 5.11. The van der Waals surface area contributed by atoms with Crippen LogP contribution in [0, 0.1) is 13.8 Å². The van der Waals surface area contributed by atoms with Crippen LogP contribution >= 0.6 is 0 Å². The minimum Gasteiger partial charge on any atom is -0.394 e. The summed E-state index contributed by atoms with van der Waals surface area (Å²) in [6.07, 6.45) is 0.339. The first-order chi connectivity index (χ1) is 10.1. The zero-order chi connectivity index (χ0) is 15.2. The summed E-state index contributed by atoms with van der Waals surface area (Å²) in [5.41, 5.74) is 2.90. The van der Waals surface area contributed by atoms with E-state index in [2.05, 4.69) is 10.4 Å². The van der Waals surface area contributed by atoms with Crippen molar-refractivity contribution >= 4 is 5.91 Å². The largest absolute Gasteiger partial charge is 0.394 e. The molecular formula is C16H21N3O2. The van der Waals surface area contributed by atoms with Crippen molar-refractivity contribution in [1.82, 2.24) is 15.1 Å². The summed E-state index contributed by atoms with van der Waals surface area (Å²) in [4.78, 5) is 12.0. The Morgan fingerprint density at radius 3 is 2.62 bits per heavy atom. The highest BCUT2D eigenvalue weighted by molar-refractivity contribution is 5.76. The Morgan fingerprint density at radius 2 is 2.05 bits per heavy atom. The molecule has 0 aliphatic heterocycles. The molecule has 112 valence electrons. The van der Waals surface area contributed by atoms with Crippen molar-refractivity contribution in [3.05, 3.63) is 53.3 Å². The number of rotatable bonds is 6. The number of hydrogen-bond acceptors (Lipinski definition) is 3. The maximum absolute atomic E-state index is 12.0. The lowest BCUT2D eigenvalue weighted by atomic mass is 10.1. The minimum atomic E-state index is -0.362. The predicted molar refractivity (Wildman–Crippen MR) is 80.7 cm³/mol. The van der Waals surface area contributed by atoms with Gasteiger partial charge in [0.05, 0.1) is 18.3 Å². The third kappa shape index (κ3) is 4.16. The first kappa shape index (κ1) is 15.3. The summed E-state index contributed by atoms with van der Waals surface area (Å²) in [6.45, 7) is 4.33. The molecule has 5 heteroatoms. The van der Waals surface area contributed by atoms with Crippen molar-refractivity contribution in [2.45, 2.75) is 32.9 Å². The zero-order valence-corrected chi connectivity index (χ0v) is 12.4. The predicted octanol–water partition coefficient (Wildman–Crippen LogP) is 1.74. The number of carbonyl (C=O) groups is 1. The second kappa shape index (κ2) is 7.04. The molecule has 0 aliphatic rings. The molecule has 2 N–H and O–H groups in total. The molecule has 1 heterocycles. The number of aliphatic hydroxyl groups excluding tert-OH is 1. The molecule has 0 saturated heterocycles. The Hall–Kier alpha value is -2.14. The van der Waals surface area contributed by atoms with Gasteiger partial charge in [-0.3, -0.25) is 9.48 Å². The SMILES string of the molecule is Cc1cc(C)n(CCC(=O)NC(CO)c2ccccc2)n1. The lowest BCUT2D eigenvalue weighted by Gasteiger charge is -2.16. The molecule has 0 radical (unpaired) electrons. The first-order valence-electron chi connectivity index (χ1n) is 7.06. The highest BCUT2D eigenvalue weighted by atomic mass is 16.3. The molecule has 0 saturated carbocycles. The summed E-state index contributed by atoms with van der Waals surface area (Å²) in [5, 5.41) is 16.6. The van der Waals surface area contributed by atoms with Crippen LogP contribution in [0.1, 0.15) is 29.4 Å². The molecule has 0 fully saturated rings. The van der Waals surface area contributed by atoms with E-state index in [-0.39, 0.29) is 18.6 Å². The van der Waals surface area contributed by atoms with Crippen molar-refractivity contribution in [1.29, 1.82) is 0 Å². The van der Waals surface area contributed by atoms with Crippen LogP contribution in [0.2, 0.25) is 0 Å². The van der Waals surface area contributed by atoms with Crippen LogP contribution in [0.3, 0.4) is 0 Å². The topological polar surface area (TPSA) is 67.2 Å². The first-order valence-corrected chi connectivity index (χ1v) is 7.06. The van der Waals surface area contributed by atoms with Crippen LogP contribution in [0.5, 0.6) is 0 Å². The lowest BCUT2D eigenvalue weighted by molar-refractivity contribution is -0.122. The standard InChI is InChI=1S/C16H21N3O2/c1-12-10-13(2)19(18-12)9-8-16(21)17-15(11-20)14-6-4-3-5-7-14/h3-7,10,15,20H,8-9,11H2,1-2H3,(H,17,21). The van der Waals surface area contributed by atoms with Crippen LogP contribution < -0.4 is 5.32 Å². The summed E-state index contributed by atoms with van der Waals surface area (Å²) >= 11 is 0. The molecule has 0 spiro atoms. The number of aryl methyl sites for hydroxylation is 3. The monoisotopic (exact) mass is 287 g/mol. The van der Waals surface area contributed by atoms with Gasteiger partial charge in [-0.2, -0.15) is 5.10 Å². The quantitative estimate of drug-likeness (QED) is 0.850. The highest BCUT2D eigenvalue weighted by Crippen LogP contribution is 2.12. The maximum atomic E-state index is 12.0. The van der Waals surface area contributed by atoms with E-state index in [0.29, 0.717) is 13.0 Å². The van der Waals surface area contributed by atoms with Crippen molar-refractivity contribution in [3.8, 4) is 0 Å². The fourth-order valence-electron chi connectivity index (χ4n) is 2.29. The normalized spacial score (nSPS) is 12.1. The van der Waals surface area contributed by atoms with E-state index in [9.17, 15) is 9.90 Å². The maximum Gasteiger partial charge on any atom is 0.222 e. The third-order valence-corrected chi connectivity index (χ3v) is 3.37. The highest BCUT2D eigenvalue weighted by Gasteiger charge is 2.13. The van der Waals surface area contributed by atoms with E-state index in [1.54, 1.807) is 0 Å². The van der Waals surface area contributed by atoms with Gasteiger partial charge < -0.3 is 10.4 Å². The smallest absolute Gasteiger partial charge is 0.222 e. The van der Waals surface area contributed by atoms with E-state index in [0.717, 1.165) is 17.0 Å². The van der Waals surface area contributed by atoms with Crippen molar-refractivity contribution in [2.24, 2.45) is 0 Å². The van der Waals surface area contributed by atoms with Gasteiger partial charge in [-0.1, -0.05) is 30.3 Å². The summed E-state index contributed by atoms with van der Waals surface area (Å²) in [5.74, 6) is -0.0922. The molecular weight excluding hydrogens is 266 g/mol. The van der Waals surface area contributed by atoms with Crippen LogP contribution in [0.4, 0.5) is 0 Å². The Balaban J connectivity index is 1.90. The Morgan fingerprint density at radius 1 is 1.33 bits per heavy atom. The average Bonchev–Trinajstić information content (AvgIpc) is 2.81. The number of aromatic nitrogens is 2. The molecule has 2 aromatic rings. The van der Waals surface area contributed by atoms with Gasteiger partial charge in [0, 0.05) is 18.7 Å². The van der Waals surface area contributed by atoms with E-state index in [4.69, 9.17) is 0 Å². The van der Waals surface area contributed by atoms with Gasteiger partial charge in [0.2, 0.25) is 5.91 Å². The average molecular weight is 287 g/mol. The molecule has 5 nitrogen and oxygen atoms in total. The molecule has 21 heavy (non-hydrogen) atoms. The summed E-state index contributed by atoms with van der Waals surface area (Å²) < 4.78 is 1.82. The number of nitrogens with zero attached hydrogens (tertiary/aromatic N) is 2. The summed E-state index contributed by atoms with van der Waals surface area (Å²) in [7, 11) is 0. The van der Waals surface area contributed by atoms with Gasteiger partial charge in [-0.05, 0) is 25.5 Å². The van der Waals surface area contributed by atoms with Gasteiger partial charge in [0.25, 0.3) is 0 Å². The minimum absolute atomic E-state index is 0.0922. The molecule has 0 aliphatic carbocycles. The molecule has 1 aromatic carbocycles. The fraction of sp³-hybridized carbons (Fsp3) is 0.375. The van der Waals surface area contributed by atoms with Gasteiger partial charge >= 0.3 is 0 Å². The molecule has 1 atom stereocenters. The van der Waals surface area contributed by atoms with Gasteiger partial charge in [0.1, 0.15) is 0 Å². The third-order valence-electron chi connectivity index (χ3n) is 3.37. The number of nitrogens with one attached hydrogen (secondary N) is 1. The van der Waals surface area contributed by atoms with E-state index >= 15 is 0 Å². The van der Waals surface area contributed by atoms with E-state index in [1.165, 1.54) is 0 Å². The van der Waals surface area contributed by atoms with Crippen LogP contribution in [0.15, 0.2) is 36.4 Å². The van der Waals surface area contributed by atoms with Gasteiger partial charge in [-0.15, -0.1) is 0 Å².